The van der Waals surface area contributed by atoms with E-state index in [0.29, 0.717) is 19.3 Å². The minimum Gasteiger partial charge on any atom is -0.462 e. The van der Waals surface area contributed by atoms with Crippen LogP contribution < -0.4 is 0 Å². The van der Waals surface area contributed by atoms with E-state index < -0.39 is 6.10 Å². The van der Waals surface area contributed by atoms with E-state index in [9.17, 15) is 14.4 Å². The summed E-state index contributed by atoms with van der Waals surface area (Å²) in [5.74, 6) is -0.914. The van der Waals surface area contributed by atoms with Crippen LogP contribution in [-0.2, 0) is 28.6 Å². The van der Waals surface area contributed by atoms with Gasteiger partial charge in [0.2, 0.25) is 0 Å². The van der Waals surface area contributed by atoms with E-state index in [0.717, 1.165) is 109 Å². The van der Waals surface area contributed by atoms with Gasteiger partial charge in [0.05, 0.1) is 0 Å². The van der Waals surface area contributed by atoms with E-state index in [4.69, 9.17) is 14.2 Å². The Hall–Kier alpha value is -2.89. The predicted molar refractivity (Wildman–Crippen MR) is 335 cm³/mol. The van der Waals surface area contributed by atoms with Crippen molar-refractivity contribution in [1.82, 2.24) is 0 Å². The fourth-order valence-electron chi connectivity index (χ4n) is 9.96. The van der Waals surface area contributed by atoms with E-state index in [1.165, 1.54) is 205 Å². The molecule has 0 spiro atoms. The normalized spacial score (nSPS) is 12.4. The van der Waals surface area contributed by atoms with Gasteiger partial charge in [-0.1, -0.05) is 313 Å². The molecule has 0 amide bonds. The Morgan fingerprint density at radius 1 is 0.273 bits per heavy atom. The summed E-state index contributed by atoms with van der Waals surface area (Å²) in [7, 11) is 0. The van der Waals surface area contributed by atoms with E-state index in [2.05, 4.69) is 81.5 Å². The molecule has 0 rings (SSSR count). The van der Waals surface area contributed by atoms with Gasteiger partial charge in [0.15, 0.2) is 6.10 Å². The second kappa shape index (κ2) is 65.6. The molecule has 0 heterocycles. The van der Waals surface area contributed by atoms with E-state index >= 15 is 0 Å². The van der Waals surface area contributed by atoms with E-state index in [1.807, 2.05) is 0 Å². The SMILES string of the molecule is CC/C=C\C/C=C\C/C=C\CCCCCC(=O)OCC(COC(=O)CCCCCCCCCCCCCCCCCCCCCCCCCCCCCCCC)OC(=O)CCCCCCC/C=C\C/C=C\CCCCCC. The first-order valence-corrected chi connectivity index (χ1v) is 33.8. The summed E-state index contributed by atoms with van der Waals surface area (Å²) in [5.41, 5.74) is 0. The summed E-state index contributed by atoms with van der Waals surface area (Å²) in [5, 5.41) is 0. The molecule has 1 unspecified atom stereocenters. The Kier molecular flexibility index (Phi) is 63.2. The number of esters is 3. The standard InChI is InChI=1S/C71H128O6/c1-4-7-10-13-16-19-22-25-27-29-30-31-32-33-34-35-36-37-38-39-40-41-42-44-46-49-52-55-58-61-64-70(73)76-67-68(66-75-69(72)63-60-57-54-51-48-45-24-21-18-15-12-9-6-3)77-71(74)65-62-59-56-53-50-47-43-28-26-23-20-17-14-11-8-5-2/h9,12,18,20-21,23,28,43,45,48,68H,4-8,10-11,13-17,19,22,24-27,29-42,44,46-47,49-67H2,1-3H3/b12-9-,21-18-,23-20-,43-28-,48-45-. The Morgan fingerprint density at radius 3 is 0.818 bits per heavy atom. The largest absolute Gasteiger partial charge is 0.462 e. The highest BCUT2D eigenvalue weighted by Crippen LogP contribution is 2.18. The van der Waals surface area contributed by atoms with Gasteiger partial charge in [-0.2, -0.15) is 0 Å². The van der Waals surface area contributed by atoms with Crippen molar-refractivity contribution in [1.29, 1.82) is 0 Å². The number of carbonyl (C=O) groups is 3. The molecule has 0 aliphatic carbocycles. The van der Waals surface area contributed by atoms with Crippen molar-refractivity contribution in [2.24, 2.45) is 0 Å². The smallest absolute Gasteiger partial charge is 0.306 e. The van der Waals surface area contributed by atoms with Crippen LogP contribution in [0.25, 0.3) is 0 Å². The summed E-state index contributed by atoms with van der Waals surface area (Å²) >= 11 is 0. The molecule has 6 heteroatoms. The monoisotopic (exact) mass is 1080 g/mol. The Morgan fingerprint density at radius 2 is 0.506 bits per heavy atom. The van der Waals surface area contributed by atoms with Crippen molar-refractivity contribution in [2.45, 2.75) is 361 Å². The maximum absolute atomic E-state index is 12.9. The lowest BCUT2D eigenvalue weighted by Crippen LogP contribution is -2.30. The molecule has 0 bridgehead atoms. The molecule has 77 heavy (non-hydrogen) atoms. The molecule has 0 fully saturated rings. The molecule has 0 saturated heterocycles. The number of hydrogen-bond acceptors (Lipinski definition) is 6. The fraction of sp³-hybridized carbons (Fsp3) is 0.817. The minimum absolute atomic E-state index is 0.0866. The maximum atomic E-state index is 12.9. The summed E-state index contributed by atoms with van der Waals surface area (Å²) in [6.07, 6.45) is 84.1. The average Bonchev–Trinajstić information content (AvgIpc) is 3.43. The molecule has 0 N–H and O–H groups in total. The zero-order chi connectivity index (χ0) is 55.7. The Bertz CT molecular complexity index is 1380. The first kappa shape index (κ1) is 74.1. The van der Waals surface area contributed by atoms with Crippen LogP contribution in [0.5, 0.6) is 0 Å². The number of allylic oxidation sites excluding steroid dienone is 10. The summed E-state index contributed by atoms with van der Waals surface area (Å²) in [6, 6.07) is 0. The predicted octanol–water partition coefficient (Wildman–Crippen LogP) is 23.1. The number of unbranched alkanes of at least 4 members (excludes halogenated alkanes) is 41. The van der Waals surface area contributed by atoms with Gasteiger partial charge < -0.3 is 14.2 Å². The second-order valence-electron chi connectivity index (χ2n) is 22.7. The van der Waals surface area contributed by atoms with Crippen molar-refractivity contribution in [2.75, 3.05) is 13.2 Å². The Balaban J connectivity index is 4.17. The minimum atomic E-state index is -0.793. The number of ether oxygens (including phenoxy) is 3. The van der Waals surface area contributed by atoms with Gasteiger partial charge in [-0.25, -0.2) is 0 Å². The van der Waals surface area contributed by atoms with Crippen LogP contribution in [-0.4, -0.2) is 37.2 Å². The first-order valence-electron chi connectivity index (χ1n) is 33.8. The molecule has 0 aromatic heterocycles. The molecule has 1 atom stereocenters. The molecular formula is C71H128O6. The van der Waals surface area contributed by atoms with Crippen LogP contribution >= 0.6 is 0 Å². The van der Waals surface area contributed by atoms with Crippen LogP contribution in [0.15, 0.2) is 60.8 Å². The number of hydrogen-bond donors (Lipinski definition) is 0. The molecule has 6 nitrogen and oxygen atoms in total. The van der Waals surface area contributed by atoms with Crippen LogP contribution in [0.2, 0.25) is 0 Å². The van der Waals surface area contributed by atoms with Crippen molar-refractivity contribution in [3.8, 4) is 0 Å². The number of rotatable bonds is 62. The molecule has 0 aromatic carbocycles. The average molecular weight is 1080 g/mol. The Labute approximate surface area is 479 Å². The van der Waals surface area contributed by atoms with Gasteiger partial charge >= 0.3 is 17.9 Å². The highest BCUT2D eigenvalue weighted by molar-refractivity contribution is 5.71. The molecule has 0 aromatic rings. The van der Waals surface area contributed by atoms with Crippen molar-refractivity contribution >= 4 is 17.9 Å². The van der Waals surface area contributed by atoms with E-state index in [-0.39, 0.29) is 31.1 Å². The van der Waals surface area contributed by atoms with Crippen LogP contribution in [0.1, 0.15) is 355 Å². The van der Waals surface area contributed by atoms with E-state index in [1.54, 1.807) is 0 Å². The lowest BCUT2D eigenvalue weighted by molar-refractivity contribution is -0.167. The van der Waals surface area contributed by atoms with Crippen LogP contribution in [0.3, 0.4) is 0 Å². The molecule has 0 radical (unpaired) electrons. The molecule has 0 aliphatic heterocycles. The van der Waals surface area contributed by atoms with Crippen LogP contribution in [0, 0.1) is 0 Å². The molecule has 0 aliphatic rings. The molecule has 0 saturated carbocycles. The number of carbonyl (C=O) groups excluding carboxylic acids is 3. The second-order valence-corrected chi connectivity index (χ2v) is 22.7. The van der Waals surface area contributed by atoms with Gasteiger partial charge in [0, 0.05) is 19.3 Å². The fourth-order valence-corrected chi connectivity index (χ4v) is 9.96. The van der Waals surface area contributed by atoms with Crippen LogP contribution in [0.4, 0.5) is 0 Å². The van der Waals surface area contributed by atoms with Gasteiger partial charge in [0.25, 0.3) is 0 Å². The summed E-state index contributed by atoms with van der Waals surface area (Å²) in [6.45, 7) is 6.52. The first-order chi connectivity index (χ1) is 38.0. The highest BCUT2D eigenvalue weighted by atomic mass is 16.6. The van der Waals surface area contributed by atoms with Crippen molar-refractivity contribution in [3.63, 3.8) is 0 Å². The van der Waals surface area contributed by atoms with Crippen molar-refractivity contribution < 1.29 is 28.6 Å². The van der Waals surface area contributed by atoms with Gasteiger partial charge in [-0.05, 0) is 83.5 Å². The quantitative estimate of drug-likeness (QED) is 0.0261. The summed E-state index contributed by atoms with van der Waals surface area (Å²) in [4.78, 5) is 38.3. The third-order valence-electron chi connectivity index (χ3n) is 15.0. The summed E-state index contributed by atoms with van der Waals surface area (Å²) < 4.78 is 16.9. The lowest BCUT2D eigenvalue weighted by atomic mass is 10.0. The zero-order valence-corrected chi connectivity index (χ0v) is 51.5. The van der Waals surface area contributed by atoms with Crippen molar-refractivity contribution in [3.05, 3.63) is 60.8 Å². The van der Waals surface area contributed by atoms with Gasteiger partial charge in [0.1, 0.15) is 13.2 Å². The third-order valence-corrected chi connectivity index (χ3v) is 15.0. The topological polar surface area (TPSA) is 78.9 Å². The zero-order valence-electron chi connectivity index (χ0n) is 51.5. The van der Waals surface area contributed by atoms with Gasteiger partial charge in [-0.15, -0.1) is 0 Å². The molecular weight excluding hydrogens is 949 g/mol. The molecule has 448 valence electrons. The lowest BCUT2D eigenvalue weighted by Gasteiger charge is -2.18. The highest BCUT2D eigenvalue weighted by Gasteiger charge is 2.19. The maximum Gasteiger partial charge on any atom is 0.306 e. The third kappa shape index (κ3) is 63.8. The van der Waals surface area contributed by atoms with Gasteiger partial charge in [-0.3, -0.25) is 14.4 Å².